The number of rotatable bonds is 5. The third-order valence-corrected chi connectivity index (χ3v) is 8.06. The molecule has 1 aliphatic carbocycles. The lowest BCUT2D eigenvalue weighted by atomic mass is 9.80. The summed E-state index contributed by atoms with van der Waals surface area (Å²) in [5.41, 5.74) is 1.69. The van der Waals surface area contributed by atoms with E-state index in [9.17, 15) is 0 Å². The van der Waals surface area contributed by atoms with Crippen molar-refractivity contribution in [3.8, 4) is 0 Å². The summed E-state index contributed by atoms with van der Waals surface area (Å²) in [6, 6.07) is 0. The van der Waals surface area contributed by atoms with Gasteiger partial charge in [-0.05, 0) is 37.2 Å². The maximum atomic E-state index is 4.67. The lowest BCUT2D eigenvalue weighted by Gasteiger charge is -2.48. The maximum absolute atomic E-state index is 4.67. The molecule has 1 atom stereocenters. The van der Waals surface area contributed by atoms with Crippen LogP contribution in [0.2, 0.25) is 0 Å². The van der Waals surface area contributed by atoms with Crippen LogP contribution in [0.25, 0.3) is 0 Å². The predicted molar refractivity (Wildman–Crippen MR) is 123 cm³/mol. The van der Waals surface area contributed by atoms with E-state index in [0.717, 1.165) is 32.0 Å². The first-order valence-electron chi connectivity index (χ1n) is 11.4. The summed E-state index contributed by atoms with van der Waals surface area (Å²) in [5.74, 6) is 4.38. The van der Waals surface area contributed by atoms with Crippen molar-refractivity contribution in [2.24, 2.45) is 18.0 Å². The van der Waals surface area contributed by atoms with Gasteiger partial charge in [0.1, 0.15) is 0 Å². The number of hydrogen-bond donors (Lipinski definition) is 1. The molecule has 0 bridgehead atoms. The highest BCUT2D eigenvalue weighted by atomic mass is 32.2. The average molecular weight is 419 g/mol. The van der Waals surface area contributed by atoms with Gasteiger partial charge in [-0.15, -0.1) is 0 Å². The summed E-state index contributed by atoms with van der Waals surface area (Å²) in [6.07, 6.45) is 13.4. The minimum Gasteiger partial charge on any atom is -0.354 e. The molecule has 7 heteroatoms. The molecule has 0 aromatic carbocycles. The van der Waals surface area contributed by atoms with Crippen LogP contribution in [0, 0.1) is 5.92 Å². The maximum Gasteiger partial charge on any atom is 0.193 e. The van der Waals surface area contributed by atoms with Crippen LogP contribution in [-0.4, -0.2) is 82.4 Å². The molecule has 3 fully saturated rings. The zero-order valence-corrected chi connectivity index (χ0v) is 19.1. The molecular formula is C22H38N6S. The second-order valence-corrected chi connectivity index (χ2v) is 10.3. The summed E-state index contributed by atoms with van der Waals surface area (Å²) in [6.45, 7) is 5.76. The second-order valence-electron chi connectivity index (χ2n) is 9.11. The van der Waals surface area contributed by atoms with Crippen LogP contribution in [0.4, 0.5) is 0 Å². The molecule has 6 nitrogen and oxygen atoms in total. The summed E-state index contributed by atoms with van der Waals surface area (Å²) in [7, 11) is 3.94. The van der Waals surface area contributed by atoms with Gasteiger partial charge in [0.25, 0.3) is 0 Å². The molecule has 162 valence electrons. The summed E-state index contributed by atoms with van der Waals surface area (Å²) in [4.78, 5) is 9.95. The Labute approximate surface area is 180 Å². The predicted octanol–water partition coefficient (Wildman–Crippen LogP) is 2.61. The number of nitrogens with zero attached hydrogens (tertiary/aromatic N) is 5. The Bertz CT molecular complexity index is 675. The van der Waals surface area contributed by atoms with Crippen molar-refractivity contribution in [3.63, 3.8) is 0 Å². The van der Waals surface area contributed by atoms with Gasteiger partial charge in [-0.25, -0.2) is 0 Å². The van der Waals surface area contributed by atoms with Crippen LogP contribution < -0.4 is 5.32 Å². The number of likely N-dealkylation sites (tertiary alicyclic amines) is 1. The van der Waals surface area contributed by atoms with Gasteiger partial charge in [0.2, 0.25) is 0 Å². The van der Waals surface area contributed by atoms with Crippen LogP contribution in [0.5, 0.6) is 0 Å². The second kappa shape index (κ2) is 9.73. The smallest absolute Gasteiger partial charge is 0.193 e. The molecule has 0 spiro atoms. The minimum atomic E-state index is 0.337. The summed E-state index contributed by atoms with van der Waals surface area (Å²) in [5, 5.41) is 8.14. The van der Waals surface area contributed by atoms with Gasteiger partial charge < -0.3 is 10.2 Å². The fourth-order valence-corrected chi connectivity index (χ4v) is 6.43. The molecule has 29 heavy (non-hydrogen) atoms. The molecule has 0 amide bonds. The monoisotopic (exact) mass is 418 g/mol. The summed E-state index contributed by atoms with van der Waals surface area (Å²) < 4.78 is 1.91. The Balaban J connectivity index is 1.34. The van der Waals surface area contributed by atoms with Crippen LogP contribution in [-0.2, 0) is 13.5 Å². The van der Waals surface area contributed by atoms with E-state index in [1.54, 1.807) is 0 Å². The Morgan fingerprint density at radius 3 is 2.72 bits per heavy atom. The van der Waals surface area contributed by atoms with Gasteiger partial charge >= 0.3 is 0 Å². The highest BCUT2D eigenvalue weighted by molar-refractivity contribution is 7.99. The van der Waals surface area contributed by atoms with Gasteiger partial charge in [0.15, 0.2) is 5.96 Å². The highest BCUT2D eigenvalue weighted by Gasteiger charge is 2.39. The molecule has 1 saturated carbocycles. The van der Waals surface area contributed by atoms with Crippen molar-refractivity contribution in [3.05, 3.63) is 18.0 Å². The Morgan fingerprint density at radius 2 is 2.03 bits per heavy atom. The molecular weight excluding hydrogens is 380 g/mol. The largest absolute Gasteiger partial charge is 0.354 e. The lowest BCUT2D eigenvalue weighted by molar-refractivity contribution is 0.0621. The Kier molecular flexibility index (Phi) is 7.06. The summed E-state index contributed by atoms with van der Waals surface area (Å²) >= 11 is 2.11. The van der Waals surface area contributed by atoms with Crippen molar-refractivity contribution in [2.45, 2.75) is 50.5 Å². The van der Waals surface area contributed by atoms with E-state index in [2.05, 4.69) is 43.2 Å². The highest BCUT2D eigenvalue weighted by Crippen LogP contribution is 2.35. The molecule has 3 aliphatic rings. The molecule has 4 rings (SSSR count). The molecule has 1 N–H and O–H groups in total. The average Bonchev–Trinajstić information content (AvgIpc) is 3.39. The van der Waals surface area contributed by atoms with E-state index in [4.69, 9.17) is 0 Å². The van der Waals surface area contributed by atoms with Crippen LogP contribution in [0.15, 0.2) is 17.4 Å². The third-order valence-electron chi connectivity index (χ3n) is 7.12. The number of hydrogen-bond acceptors (Lipinski definition) is 4. The quantitative estimate of drug-likeness (QED) is 0.588. The van der Waals surface area contributed by atoms with Gasteiger partial charge in [0.05, 0.1) is 6.20 Å². The SMILES string of the molecule is CN=C(NCC1(N2CCSCC2)CCCCC1)N1CCC(Cc2cnn(C)c2)C1. The number of aryl methyl sites for hydroxylation is 1. The van der Waals surface area contributed by atoms with Crippen LogP contribution in [0.1, 0.15) is 44.1 Å². The van der Waals surface area contributed by atoms with Crippen molar-refractivity contribution in [2.75, 3.05) is 51.3 Å². The topological polar surface area (TPSA) is 48.7 Å². The fraction of sp³-hybridized carbons (Fsp3) is 0.818. The van der Waals surface area contributed by atoms with Gasteiger partial charge in [-0.3, -0.25) is 14.6 Å². The third kappa shape index (κ3) is 5.10. The molecule has 3 heterocycles. The van der Waals surface area contributed by atoms with E-state index < -0.39 is 0 Å². The van der Waals surface area contributed by atoms with E-state index in [0.29, 0.717) is 11.5 Å². The first-order chi connectivity index (χ1) is 14.2. The first-order valence-corrected chi connectivity index (χ1v) is 12.6. The number of guanidine groups is 1. The number of aromatic nitrogens is 2. The molecule has 1 aromatic heterocycles. The zero-order chi connectivity index (χ0) is 20.1. The van der Waals surface area contributed by atoms with Crippen molar-refractivity contribution < 1.29 is 0 Å². The number of nitrogens with one attached hydrogen (secondary N) is 1. The van der Waals surface area contributed by atoms with Crippen molar-refractivity contribution >= 4 is 17.7 Å². The molecule has 1 aromatic rings. The van der Waals surface area contributed by atoms with Crippen molar-refractivity contribution in [1.29, 1.82) is 0 Å². The Hall–Kier alpha value is -1.21. The lowest BCUT2D eigenvalue weighted by Crippen LogP contribution is -2.60. The van der Waals surface area contributed by atoms with Crippen LogP contribution in [0.3, 0.4) is 0 Å². The Morgan fingerprint density at radius 1 is 1.24 bits per heavy atom. The van der Waals surface area contributed by atoms with E-state index in [-0.39, 0.29) is 0 Å². The number of aliphatic imine (C=N–C) groups is 1. The number of thioether (sulfide) groups is 1. The molecule has 2 aliphatic heterocycles. The fourth-order valence-electron chi connectivity index (χ4n) is 5.53. The normalized spacial score (nSPS) is 26.1. The van der Waals surface area contributed by atoms with Gasteiger partial charge in [-0.1, -0.05) is 19.3 Å². The van der Waals surface area contributed by atoms with Gasteiger partial charge in [-0.2, -0.15) is 16.9 Å². The molecule has 1 unspecified atom stereocenters. The van der Waals surface area contributed by atoms with E-state index in [1.165, 1.54) is 68.7 Å². The van der Waals surface area contributed by atoms with Crippen molar-refractivity contribution in [1.82, 2.24) is 24.9 Å². The van der Waals surface area contributed by atoms with E-state index in [1.807, 2.05) is 25.0 Å². The van der Waals surface area contributed by atoms with E-state index >= 15 is 0 Å². The molecule has 0 radical (unpaired) electrons. The van der Waals surface area contributed by atoms with Gasteiger partial charge in [0, 0.05) is 70.1 Å². The zero-order valence-electron chi connectivity index (χ0n) is 18.3. The standard InChI is InChI=1S/C22H38N6S/c1-23-21(27-9-6-19(17-27)14-20-15-25-26(2)16-20)24-18-22(7-4-3-5-8-22)28-10-12-29-13-11-28/h15-16,19H,3-14,17-18H2,1-2H3,(H,23,24). The first kappa shape index (κ1) is 21.0. The van der Waals surface area contributed by atoms with Crippen LogP contribution >= 0.6 is 11.8 Å². The molecule has 2 saturated heterocycles. The minimum absolute atomic E-state index is 0.337.